The van der Waals surface area contributed by atoms with Crippen molar-refractivity contribution in [1.82, 2.24) is 10.6 Å². The highest BCUT2D eigenvalue weighted by atomic mass is 79.9. The standard InChI is InChI=1S/C18H28BrN3O2/c1-20-17(22-13-18(7-10-23)8-11-24-14-18)21-9-3-5-15-4-2-6-16(19)12-15/h2,4,6,12,23H,3,5,7-11,13-14H2,1H3,(H2,20,21,22). The minimum Gasteiger partial charge on any atom is -0.396 e. The number of aliphatic hydroxyl groups excluding tert-OH is 1. The van der Waals surface area contributed by atoms with Crippen LogP contribution in [0.5, 0.6) is 0 Å². The first-order valence-corrected chi connectivity index (χ1v) is 9.34. The lowest BCUT2D eigenvalue weighted by molar-refractivity contribution is 0.127. The highest BCUT2D eigenvalue weighted by Gasteiger charge is 2.34. The molecule has 134 valence electrons. The normalized spacial score (nSPS) is 21.0. The number of hydrogen-bond donors (Lipinski definition) is 3. The maximum Gasteiger partial charge on any atom is 0.190 e. The van der Waals surface area contributed by atoms with Gasteiger partial charge in [0.05, 0.1) is 6.61 Å². The molecule has 6 heteroatoms. The van der Waals surface area contributed by atoms with Crippen molar-refractivity contribution in [2.75, 3.05) is 40.0 Å². The molecule has 24 heavy (non-hydrogen) atoms. The van der Waals surface area contributed by atoms with Gasteiger partial charge >= 0.3 is 0 Å². The van der Waals surface area contributed by atoms with Crippen LogP contribution in [0.15, 0.2) is 33.7 Å². The monoisotopic (exact) mass is 397 g/mol. The average molecular weight is 398 g/mol. The molecule has 0 spiro atoms. The van der Waals surface area contributed by atoms with Crippen molar-refractivity contribution in [1.29, 1.82) is 0 Å². The molecule has 1 aliphatic rings. The van der Waals surface area contributed by atoms with Gasteiger partial charge in [0.1, 0.15) is 0 Å². The topological polar surface area (TPSA) is 65.9 Å². The third-order valence-corrected chi connectivity index (χ3v) is 5.00. The van der Waals surface area contributed by atoms with E-state index < -0.39 is 0 Å². The predicted octanol–water partition coefficient (Wildman–Crippen LogP) is 2.34. The van der Waals surface area contributed by atoms with Gasteiger partial charge in [-0.3, -0.25) is 4.99 Å². The molecule has 1 aliphatic heterocycles. The van der Waals surface area contributed by atoms with Gasteiger partial charge in [0.15, 0.2) is 5.96 Å². The summed E-state index contributed by atoms with van der Waals surface area (Å²) in [6.45, 7) is 3.33. The molecule has 0 saturated carbocycles. The number of aliphatic imine (C=N–C) groups is 1. The Labute approximate surface area is 153 Å². The molecule has 0 radical (unpaired) electrons. The summed E-state index contributed by atoms with van der Waals surface area (Å²) < 4.78 is 6.64. The van der Waals surface area contributed by atoms with Gasteiger partial charge in [0, 0.05) is 43.2 Å². The number of hydrogen-bond acceptors (Lipinski definition) is 3. The zero-order valence-electron chi connectivity index (χ0n) is 14.4. The van der Waals surface area contributed by atoms with Crippen molar-refractivity contribution in [3.05, 3.63) is 34.3 Å². The van der Waals surface area contributed by atoms with Crippen molar-refractivity contribution >= 4 is 21.9 Å². The van der Waals surface area contributed by atoms with Crippen LogP contribution in [-0.2, 0) is 11.2 Å². The lowest BCUT2D eigenvalue weighted by Gasteiger charge is -2.27. The lowest BCUT2D eigenvalue weighted by atomic mass is 9.84. The Bertz CT molecular complexity index is 531. The second kappa shape index (κ2) is 10.0. The number of nitrogens with one attached hydrogen (secondary N) is 2. The number of aryl methyl sites for hydroxylation is 1. The second-order valence-electron chi connectivity index (χ2n) is 6.36. The number of ether oxygens (including phenoxy) is 1. The lowest BCUT2D eigenvalue weighted by Crippen LogP contribution is -2.44. The van der Waals surface area contributed by atoms with Crippen molar-refractivity contribution < 1.29 is 9.84 Å². The Balaban J connectivity index is 1.70. The maximum atomic E-state index is 9.28. The molecular formula is C18H28BrN3O2. The van der Waals surface area contributed by atoms with Gasteiger partial charge in [0.25, 0.3) is 0 Å². The fraction of sp³-hybridized carbons (Fsp3) is 0.611. The first-order chi connectivity index (χ1) is 11.7. The van der Waals surface area contributed by atoms with E-state index in [1.54, 1.807) is 7.05 Å². The molecule has 0 bridgehead atoms. The van der Waals surface area contributed by atoms with E-state index in [4.69, 9.17) is 4.74 Å². The molecule has 0 aromatic heterocycles. The Kier molecular flexibility index (Phi) is 8.02. The van der Waals surface area contributed by atoms with Crippen LogP contribution in [0.25, 0.3) is 0 Å². The average Bonchev–Trinajstić information content (AvgIpc) is 3.03. The summed E-state index contributed by atoms with van der Waals surface area (Å²) in [5.41, 5.74) is 1.36. The Hall–Kier alpha value is -1.11. The van der Waals surface area contributed by atoms with Gasteiger partial charge in [0.2, 0.25) is 0 Å². The fourth-order valence-corrected chi connectivity index (χ4v) is 3.44. The maximum absolute atomic E-state index is 9.28. The minimum atomic E-state index is 0.0304. The molecule has 1 saturated heterocycles. The van der Waals surface area contributed by atoms with Crippen LogP contribution in [0.3, 0.4) is 0 Å². The van der Waals surface area contributed by atoms with E-state index in [0.717, 1.165) is 55.8 Å². The molecule has 2 rings (SSSR count). The quantitative estimate of drug-likeness (QED) is 0.357. The molecule has 0 amide bonds. The van der Waals surface area contributed by atoms with Crippen LogP contribution >= 0.6 is 15.9 Å². The number of rotatable bonds is 8. The van der Waals surface area contributed by atoms with Gasteiger partial charge < -0.3 is 20.5 Å². The minimum absolute atomic E-state index is 0.0304. The molecule has 5 nitrogen and oxygen atoms in total. The van der Waals surface area contributed by atoms with Gasteiger partial charge in [-0.05, 0) is 43.4 Å². The van der Waals surface area contributed by atoms with Crippen molar-refractivity contribution in [2.45, 2.75) is 25.7 Å². The zero-order valence-corrected chi connectivity index (χ0v) is 15.9. The first kappa shape index (κ1) is 19.2. The summed E-state index contributed by atoms with van der Waals surface area (Å²) >= 11 is 3.50. The number of aliphatic hydroxyl groups is 1. The summed E-state index contributed by atoms with van der Waals surface area (Å²) in [4.78, 5) is 4.28. The summed E-state index contributed by atoms with van der Waals surface area (Å²) in [6, 6.07) is 8.42. The van der Waals surface area contributed by atoms with E-state index in [0.29, 0.717) is 6.61 Å². The van der Waals surface area contributed by atoms with Crippen LogP contribution in [0.2, 0.25) is 0 Å². The SMILES string of the molecule is CN=C(NCCCc1cccc(Br)c1)NCC1(CCO)CCOC1. The Morgan fingerprint density at radius 2 is 2.29 bits per heavy atom. The van der Waals surface area contributed by atoms with E-state index in [1.807, 2.05) is 6.07 Å². The third kappa shape index (κ3) is 6.07. The largest absolute Gasteiger partial charge is 0.396 e. The highest BCUT2D eigenvalue weighted by molar-refractivity contribution is 9.10. The zero-order chi connectivity index (χ0) is 17.3. The van der Waals surface area contributed by atoms with Crippen LogP contribution < -0.4 is 10.6 Å². The van der Waals surface area contributed by atoms with Crippen LogP contribution in [0, 0.1) is 5.41 Å². The molecular weight excluding hydrogens is 370 g/mol. The molecule has 3 N–H and O–H groups in total. The van der Waals surface area contributed by atoms with Gasteiger partial charge in [-0.25, -0.2) is 0 Å². The van der Waals surface area contributed by atoms with Gasteiger partial charge in [-0.15, -0.1) is 0 Å². The summed E-state index contributed by atoms with van der Waals surface area (Å²) in [7, 11) is 1.79. The molecule has 1 heterocycles. The van der Waals surface area contributed by atoms with E-state index in [-0.39, 0.29) is 12.0 Å². The van der Waals surface area contributed by atoms with Crippen molar-refractivity contribution in [2.24, 2.45) is 10.4 Å². The molecule has 1 aromatic carbocycles. The molecule has 1 aromatic rings. The number of benzene rings is 1. The summed E-state index contributed by atoms with van der Waals surface area (Å²) in [6.07, 6.45) is 3.83. The molecule has 1 atom stereocenters. The van der Waals surface area contributed by atoms with E-state index in [9.17, 15) is 5.11 Å². The highest BCUT2D eigenvalue weighted by Crippen LogP contribution is 2.31. The third-order valence-electron chi connectivity index (χ3n) is 4.51. The molecule has 1 fully saturated rings. The van der Waals surface area contributed by atoms with Crippen molar-refractivity contribution in [3.8, 4) is 0 Å². The first-order valence-electron chi connectivity index (χ1n) is 8.55. The Morgan fingerprint density at radius 3 is 2.96 bits per heavy atom. The van der Waals surface area contributed by atoms with Gasteiger partial charge in [-0.2, -0.15) is 0 Å². The second-order valence-corrected chi connectivity index (χ2v) is 7.28. The smallest absolute Gasteiger partial charge is 0.190 e. The molecule has 0 aliphatic carbocycles. The number of halogens is 1. The number of guanidine groups is 1. The van der Waals surface area contributed by atoms with Crippen LogP contribution in [0.1, 0.15) is 24.8 Å². The van der Waals surface area contributed by atoms with E-state index >= 15 is 0 Å². The predicted molar refractivity (Wildman–Crippen MR) is 101 cm³/mol. The number of nitrogens with zero attached hydrogens (tertiary/aromatic N) is 1. The van der Waals surface area contributed by atoms with E-state index in [2.05, 4.69) is 49.8 Å². The van der Waals surface area contributed by atoms with E-state index in [1.165, 1.54) is 5.56 Å². The van der Waals surface area contributed by atoms with Crippen LogP contribution in [0.4, 0.5) is 0 Å². The fourth-order valence-electron chi connectivity index (χ4n) is 3.00. The summed E-state index contributed by atoms with van der Waals surface area (Å²) in [5.74, 6) is 0.813. The summed E-state index contributed by atoms with van der Waals surface area (Å²) in [5, 5.41) is 16.0. The molecule has 1 unspecified atom stereocenters. The Morgan fingerprint density at radius 1 is 1.42 bits per heavy atom. The van der Waals surface area contributed by atoms with Gasteiger partial charge in [-0.1, -0.05) is 28.1 Å². The van der Waals surface area contributed by atoms with Crippen LogP contribution in [-0.4, -0.2) is 51.0 Å². The van der Waals surface area contributed by atoms with Crippen molar-refractivity contribution in [3.63, 3.8) is 0 Å².